The highest BCUT2D eigenvalue weighted by Crippen LogP contribution is 2.37. The van der Waals surface area contributed by atoms with Crippen LogP contribution in [0.25, 0.3) is 0 Å². The largest absolute Gasteiger partial charge is 0.398 e. The van der Waals surface area contributed by atoms with Crippen LogP contribution in [-0.4, -0.2) is 6.54 Å². The lowest BCUT2D eigenvalue weighted by atomic mass is 9.89. The highest BCUT2D eigenvalue weighted by atomic mass is 14.9. The molecule has 2 heteroatoms. The molecule has 0 atom stereocenters. The van der Waals surface area contributed by atoms with E-state index >= 15 is 0 Å². The highest BCUT2D eigenvalue weighted by molar-refractivity contribution is 5.62. The van der Waals surface area contributed by atoms with Crippen LogP contribution >= 0.6 is 0 Å². The lowest BCUT2D eigenvalue weighted by Gasteiger charge is -2.25. The lowest BCUT2D eigenvalue weighted by molar-refractivity contribution is 0.362. The smallest absolute Gasteiger partial charge is 0.0390 e. The van der Waals surface area contributed by atoms with E-state index in [1.807, 2.05) is 12.1 Å². The molecule has 0 aliphatic heterocycles. The average molecular weight is 218 g/mol. The third-order valence-electron chi connectivity index (χ3n) is 3.89. The predicted octanol–water partition coefficient (Wildman–Crippen LogP) is 3.57. The molecule has 16 heavy (non-hydrogen) atoms. The van der Waals surface area contributed by atoms with Gasteiger partial charge in [0.15, 0.2) is 0 Å². The molecule has 2 nitrogen and oxygen atoms in total. The first-order chi connectivity index (χ1) is 7.61. The van der Waals surface area contributed by atoms with Gasteiger partial charge in [0.05, 0.1) is 0 Å². The summed E-state index contributed by atoms with van der Waals surface area (Å²) in [6.07, 6.45) is 5.46. The van der Waals surface area contributed by atoms with Crippen LogP contribution in [0, 0.1) is 12.3 Å². The van der Waals surface area contributed by atoms with Gasteiger partial charge in [0.1, 0.15) is 0 Å². The van der Waals surface area contributed by atoms with Crippen LogP contribution < -0.4 is 11.1 Å². The Morgan fingerprint density at radius 3 is 2.69 bits per heavy atom. The molecule has 1 fully saturated rings. The summed E-state index contributed by atoms with van der Waals surface area (Å²) in [5.74, 6) is 0. The summed E-state index contributed by atoms with van der Waals surface area (Å²) in [5, 5.41) is 3.56. The van der Waals surface area contributed by atoms with Crippen LogP contribution in [0.4, 0.5) is 11.4 Å². The molecule has 1 aromatic rings. The maximum absolute atomic E-state index is 5.90. The topological polar surface area (TPSA) is 38.0 Å². The molecule has 1 saturated carbocycles. The number of rotatable bonds is 3. The number of nitrogens with two attached hydrogens (primary N) is 1. The number of hydrogen-bond acceptors (Lipinski definition) is 2. The number of benzene rings is 1. The first-order valence-corrected chi connectivity index (χ1v) is 6.20. The molecule has 3 N–H and O–H groups in total. The van der Waals surface area contributed by atoms with Crippen molar-refractivity contribution in [1.29, 1.82) is 0 Å². The normalized spacial score (nSPS) is 18.6. The van der Waals surface area contributed by atoms with Crippen LogP contribution in [0.1, 0.15) is 38.2 Å². The molecule has 0 saturated heterocycles. The zero-order chi connectivity index (χ0) is 11.6. The zero-order valence-corrected chi connectivity index (χ0v) is 10.3. The average Bonchev–Trinajstić information content (AvgIpc) is 2.68. The molecule has 88 valence electrons. The van der Waals surface area contributed by atoms with Crippen molar-refractivity contribution in [3.05, 3.63) is 23.8 Å². The van der Waals surface area contributed by atoms with Gasteiger partial charge >= 0.3 is 0 Å². The van der Waals surface area contributed by atoms with E-state index in [2.05, 4.69) is 25.2 Å². The zero-order valence-electron chi connectivity index (χ0n) is 10.3. The minimum Gasteiger partial charge on any atom is -0.398 e. The summed E-state index contributed by atoms with van der Waals surface area (Å²) < 4.78 is 0. The summed E-state index contributed by atoms with van der Waals surface area (Å²) in [6.45, 7) is 5.53. The molecule has 0 spiro atoms. The van der Waals surface area contributed by atoms with Gasteiger partial charge in [0.2, 0.25) is 0 Å². The Labute approximate surface area is 98.2 Å². The van der Waals surface area contributed by atoms with Gasteiger partial charge in [-0.05, 0) is 42.9 Å². The third kappa shape index (κ3) is 2.31. The molecular formula is C14H22N2. The fraction of sp³-hybridized carbons (Fsp3) is 0.571. The maximum Gasteiger partial charge on any atom is 0.0390 e. The van der Waals surface area contributed by atoms with Gasteiger partial charge in [0, 0.05) is 17.9 Å². The molecule has 1 aliphatic rings. The van der Waals surface area contributed by atoms with E-state index in [4.69, 9.17) is 5.73 Å². The molecule has 1 aliphatic carbocycles. The number of anilines is 2. The van der Waals surface area contributed by atoms with Gasteiger partial charge in [-0.25, -0.2) is 0 Å². The molecule has 0 radical (unpaired) electrons. The van der Waals surface area contributed by atoms with Crippen molar-refractivity contribution < 1.29 is 0 Å². The lowest BCUT2D eigenvalue weighted by Crippen LogP contribution is -2.23. The van der Waals surface area contributed by atoms with E-state index in [0.29, 0.717) is 5.41 Å². The monoisotopic (exact) mass is 218 g/mol. The van der Waals surface area contributed by atoms with Gasteiger partial charge in [-0.3, -0.25) is 0 Å². The van der Waals surface area contributed by atoms with E-state index in [1.54, 1.807) is 0 Å². The van der Waals surface area contributed by atoms with Crippen LogP contribution in [0.15, 0.2) is 18.2 Å². The van der Waals surface area contributed by atoms with E-state index in [9.17, 15) is 0 Å². The van der Waals surface area contributed by atoms with Crippen molar-refractivity contribution in [1.82, 2.24) is 0 Å². The van der Waals surface area contributed by atoms with E-state index in [0.717, 1.165) is 12.2 Å². The summed E-state index contributed by atoms with van der Waals surface area (Å²) in [4.78, 5) is 0. The number of nitrogens with one attached hydrogen (secondary N) is 1. The fourth-order valence-corrected chi connectivity index (χ4v) is 2.56. The Balaban J connectivity index is 2.02. The van der Waals surface area contributed by atoms with Gasteiger partial charge in [-0.2, -0.15) is 0 Å². The molecule has 0 heterocycles. The van der Waals surface area contributed by atoms with Gasteiger partial charge in [-0.15, -0.1) is 0 Å². The fourth-order valence-electron chi connectivity index (χ4n) is 2.56. The highest BCUT2D eigenvalue weighted by Gasteiger charge is 2.28. The SMILES string of the molecule is Cc1c(N)cccc1NCC1(C)CCCC1. The summed E-state index contributed by atoms with van der Waals surface area (Å²) in [5.41, 5.74) is 9.62. The molecule has 1 aromatic carbocycles. The minimum atomic E-state index is 0.483. The van der Waals surface area contributed by atoms with Crippen LogP contribution in [0.3, 0.4) is 0 Å². The van der Waals surface area contributed by atoms with Gasteiger partial charge in [0.25, 0.3) is 0 Å². The first kappa shape index (κ1) is 11.3. The second-order valence-electron chi connectivity index (χ2n) is 5.39. The van der Waals surface area contributed by atoms with Crippen LogP contribution in [-0.2, 0) is 0 Å². The molecular weight excluding hydrogens is 196 g/mol. The summed E-state index contributed by atoms with van der Waals surface area (Å²) >= 11 is 0. The Bertz CT molecular complexity index is 365. The summed E-state index contributed by atoms with van der Waals surface area (Å²) in [6, 6.07) is 6.09. The van der Waals surface area contributed by atoms with E-state index in [1.165, 1.54) is 36.9 Å². The molecule has 2 rings (SSSR count). The Hall–Kier alpha value is -1.18. The quantitative estimate of drug-likeness (QED) is 0.761. The third-order valence-corrected chi connectivity index (χ3v) is 3.89. The van der Waals surface area contributed by atoms with Crippen LogP contribution in [0.5, 0.6) is 0 Å². The van der Waals surface area contributed by atoms with Crippen molar-refractivity contribution in [2.24, 2.45) is 5.41 Å². The predicted molar refractivity (Wildman–Crippen MR) is 70.7 cm³/mol. The molecule has 0 amide bonds. The Morgan fingerprint density at radius 2 is 2.00 bits per heavy atom. The van der Waals surface area contributed by atoms with Gasteiger partial charge < -0.3 is 11.1 Å². The van der Waals surface area contributed by atoms with E-state index in [-0.39, 0.29) is 0 Å². The molecule has 0 aromatic heterocycles. The van der Waals surface area contributed by atoms with Crippen molar-refractivity contribution >= 4 is 11.4 Å². The second kappa shape index (κ2) is 4.36. The first-order valence-electron chi connectivity index (χ1n) is 6.20. The Kier molecular flexibility index (Phi) is 3.08. The van der Waals surface area contributed by atoms with Gasteiger partial charge in [-0.1, -0.05) is 25.8 Å². The maximum atomic E-state index is 5.90. The van der Waals surface area contributed by atoms with Crippen molar-refractivity contribution in [2.45, 2.75) is 39.5 Å². The molecule has 0 unspecified atom stereocenters. The van der Waals surface area contributed by atoms with Crippen molar-refractivity contribution in [2.75, 3.05) is 17.6 Å². The standard InChI is InChI=1S/C14H22N2/c1-11-12(15)6-5-7-13(11)16-10-14(2)8-3-4-9-14/h5-7,16H,3-4,8-10,15H2,1-2H3. The number of hydrogen-bond donors (Lipinski definition) is 2. The Morgan fingerprint density at radius 1 is 1.31 bits per heavy atom. The minimum absolute atomic E-state index is 0.483. The molecule has 0 bridgehead atoms. The van der Waals surface area contributed by atoms with E-state index < -0.39 is 0 Å². The van der Waals surface area contributed by atoms with Crippen LogP contribution in [0.2, 0.25) is 0 Å². The summed E-state index contributed by atoms with van der Waals surface area (Å²) in [7, 11) is 0. The number of nitrogen functional groups attached to an aromatic ring is 1. The van der Waals surface area contributed by atoms with Crippen molar-refractivity contribution in [3.63, 3.8) is 0 Å². The van der Waals surface area contributed by atoms with Crippen molar-refractivity contribution in [3.8, 4) is 0 Å². The second-order valence-corrected chi connectivity index (χ2v) is 5.39.